The summed E-state index contributed by atoms with van der Waals surface area (Å²) < 4.78 is 11.3. The fraction of sp³-hybridized carbons (Fsp3) is 0.600. The average molecular weight is 247 g/mol. The van der Waals surface area contributed by atoms with Gasteiger partial charge < -0.3 is 9.47 Å². The second-order valence-corrected chi connectivity index (χ2v) is 5.21. The zero-order valence-electron chi connectivity index (χ0n) is 11.2. The van der Waals surface area contributed by atoms with Gasteiger partial charge in [0, 0.05) is 11.5 Å². The summed E-state index contributed by atoms with van der Waals surface area (Å²) in [5, 5.41) is 0. The molecule has 0 unspecified atom stereocenters. The van der Waals surface area contributed by atoms with E-state index in [1.165, 1.54) is 31.5 Å². The molecule has 1 saturated heterocycles. The Hall–Kier alpha value is -1.22. The lowest BCUT2D eigenvalue weighted by Gasteiger charge is -2.33. The Bertz CT molecular complexity index is 433. The second kappa shape index (κ2) is 4.81. The first kappa shape index (κ1) is 11.8. The minimum absolute atomic E-state index is 0.560. The molecule has 1 fully saturated rings. The lowest BCUT2D eigenvalue weighted by atomic mass is 9.89. The van der Waals surface area contributed by atoms with E-state index >= 15 is 0 Å². The van der Waals surface area contributed by atoms with Crippen LogP contribution in [0.25, 0.3) is 0 Å². The molecule has 0 aliphatic carbocycles. The van der Waals surface area contributed by atoms with Crippen molar-refractivity contribution in [3.63, 3.8) is 0 Å². The van der Waals surface area contributed by atoms with Gasteiger partial charge in [-0.3, -0.25) is 4.90 Å². The van der Waals surface area contributed by atoms with Crippen molar-refractivity contribution in [3.05, 3.63) is 23.8 Å². The molecule has 0 aromatic heterocycles. The third kappa shape index (κ3) is 1.87. The van der Waals surface area contributed by atoms with Crippen LogP contribution in [0.4, 0.5) is 0 Å². The molecule has 2 heterocycles. The first-order valence-electron chi connectivity index (χ1n) is 6.88. The molecule has 1 aromatic carbocycles. The smallest absolute Gasteiger partial charge is 0.123 e. The first-order valence-corrected chi connectivity index (χ1v) is 6.88. The first-order chi connectivity index (χ1) is 8.83. The van der Waals surface area contributed by atoms with E-state index in [-0.39, 0.29) is 0 Å². The summed E-state index contributed by atoms with van der Waals surface area (Å²) in [5.74, 6) is 2.61. The molecule has 0 radical (unpaired) electrons. The van der Waals surface area contributed by atoms with Gasteiger partial charge in [-0.1, -0.05) is 6.92 Å². The molecule has 0 spiro atoms. The molecule has 0 bridgehead atoms. The Morgan fingerprint density at radius 2 is 2.33 bits per heavy atom. The summed E-state index contributed by atoms with van der Waals surface area (Å²) in [4.78, 5) is 2.58. The molecule has 2 aliphatic heterocycles. The Morgan fingerprint density at radius 1 is 1.44 bits per heavy atom. The van der Waals surface area contributed by atoms with Crippen LogP contribution >= 0.6 is 0 Å². The van der Waals surface area contributed by atoms with E-state index < -0.39 is 0 Å². The normalized spacial score (nSPS) is 26.3. The summed E-state index contributed by atoms with van der Waals surface area (Å²) in [7, 11) is 1.72. The molecule has 1 aromatic rings. The van der Waals surface area contributed by atoms with Gasteiger partial charge in [0.2, 0.25) is 0 Å². The van der Waals surface area contributed by atoms with Gasteiger partial charge in [0.1, 0.15) is 18.1 Å². The van der Waals surface area contributed by atoms with Crippen molar-refractivity contribution in [3.8, 4) is 11.5 Å². The molecule has 0 saturated carbocycles. The monoisotopic (exact) mass is 247 g/mol. The Kier molecular flexibility index (Phi) is 3.16. The molecular formula is C15H21NO2. The molecule has 3 heteroatoms. The summed E-state index contributed by atoms with van der Waals surface area (Å²) in [6.07, 6.45) is 2.46. The topological polar surface area (TPSA) is 21.7 Å². The third-order valence-corrected chi connectivity index (χ3v) is 4.20. The third-order valence-electron chi connectivity index (χ3n) is 4.20. The molecule has 0 amide bonds. The number of fused-ring (bicyclic) bond motifs is 3. The van der Waals surface area contributed by atoms with Crippen LogP contribution in [0, 0.1) is 0 Å². The summed E-state index contributed by atoms with van der Waals surface area (Å²) >= 11 is 0. The number of hydrogen-bond acceptors (Lipinski definition) is 3. The molecule has 0 N–H and O–H groups in total. The molecule has 18 heavy (non-hydrogen) atoms. The van der Waals surface area contributed by atoms with Crippen molar-refractivity contribution < 1.29 is 9.47 Å². The minimum Gasteiger partial charge on any atom is -0.497 e. The Morgan fingerprint density at radius 3 is 3.11 bits per heavy atom. The molecule has 3 nitrogen and oxygen atoms in total. The van der Waals surface area contributed by atoms with Crippen LogP contribution in [0.2, 0.25) is 0 Å². The highest BCUT2D eigenvalue weighted by atomic mass is 16.5. The lowest BCUT2D eigenvalue weighted by Crippen LogP contribution is -2.39. The highest BCUT2D eigenvalue weighted by Crippen LogP contribution is 2.43. The second-order valence-electron chi connectivity index (χ2n) is 5.21. The number of likely N-dealkylation sites (tertiary alicyclic amines) is 1. The van der Waals surface area contributed by atoms with Gasteiger partial charge in [-0.25, -0.2) is 0 Å². The van der Waals surface area contributed by atoms with E-state index in [9.17, 15) is 0 Å². The van der Waals surface area contributed by atoms with Crippen LogP contribution in [-0.2, 0) is 0 Å². The van der Waals surface area contributed by atoms with Gasteiger partial charge in [-0.2, -0.15) is 0 Å². The van der Waals surface area contributed by atoms with Crippen LogP contribution in [0.15, 0.2) is 18.2 Å². The fourth-order valence-corrected chi connectivity index (χ4v) is 3.32. The van der Waals surface area contributed by atoms with Gasteiger partial charge in [0.25, 0.3) is 0 Å². The maximum Gasteiger partial charge on any atom is 0.123 e. The maximum atomic E-state index is 5.92. The number of methoxy groups -OCH3 is 1. The van der Waals surface area contributed by atoms with Crippen LogP contribution in [0.1, 0.15) is 31.2 Å². The Balaban J connectivity index is 1.89. The van der Waals surface area contributed by atoms with Gasteiger partial charge in [-0.05, 0) is 44.1 Å². The van der Waals surface area contributed by atoms with E-state index in [2.05, 4.69) is 17.9 Å². The van der Waals surface area contributed by atoms with Crippen molar-refractivity contribution in [1.29, 1.82) is 0 Å². The quantitative estimate of drug-likeness (QED) is 0.819. The SMILES string of the molecule is CCCN1CC[C@H]2c3cc(OC)ccc3OC[C@H]21. The summed E-state index contributed by atoms with van der Waals surface area (Å²) in [5.41, 5.74) is 1.34. The number of rotatable bonds is 3. The molecule has 2 aliphatic rings. The highest BCUT2D eigenvalue weighted by Gasteiger charge is 2.39. The average Bonchev–Trinajstić information content (AvgIpc) is 2.82. The van der Waals surface area contributed by atoms with Crippen LogP contribution in [-0.4, -0.2) is 37.7 Å². The predicted molar refractivity (Wildman–Crippen MR) is 71.5 cm³/mol. The highest BCUT2D eigenvalue weighted by molar-refractivity contribution is 5.45. The lowest BCUT2D eigenvalue weighted by molar-refractivity contribution is 0.147. The van der Waals surface area contributed by atoms with Crippen LogP contribution in [0.3, 0.4) is 0 Å². The zero-order chi connectivity index (χ0) is 12.5. The minimum atomic E-state index is 0.560. The van der Waals surface area contributed by atoms with E-state index in [1.54, 1.807) is 7.11 Å². The van der Waals surface area contributed by atoms with Gasteiger partial charge in [0.15, 0.2) is 0 Å². The standard InChI is InChI=1S/C15H21NO2/c1-3-7-16-8-6-12-13-9-11(17-2)4-5-15(13)18-10-14(12)16/h4-5,9,12,14H,3,6-8,10H2,1-2H3/t12-,14+/m0/s1. The van der Waals surface area contributed by atoms with Gasteiger partial charge in [0.05, 0.1) is 13.2 Å². The fourth-order valence-electron chi connectivity index (χ4n) is 3.32. The number of ether oxygens (including phenoxy) is 2. The van der Waals surface area contributed by atoms with E-state index in [0.717, 1.165) is 18.1 Å². The number of nitrogens with zero attached hydrogens (tertiary/aromatic N) is 1. The molecule has 2 atom stereocenters. The Labute approximate surface area is 109 Å². The molecule has 3 rings (SSSR count). The van der Waals surface area contributed by atoms with Crippen molar-refractivity contribution in [2.45, 2.75) is 31.7 Å². The number of benzene rings is 1. The van der Waals surface area contributed by atoms with Crippen molar-refractivity contribution >= 4 is 0 Å². The van der Waals surface area contributed by atoms with E-state index in [0.29, 0.717) is 12.0 Å². The van der Waals surface area contributed by atoms with E-state index in [1.807, 2.05) is 12.1 Å². The van der Waals surface area contributed by atoms with Gasteiger partial charge in [-0.15, -0.1) is 0 Å². The van der Waals surface area contributed by atoms with Crippen LogP contribution in [0.5, 0.6) is 11.5 Å². The van der Waals surface area contributed by atoms with E-state index in [4.69, 9.17) is 9.47 Å². The van der Waals surface area contributed by atoms with Crippen molar-refractivity contribution in [2.75, 3.05) is 26.8 Å². The van der Waals surface area contributed by atoms with Crippen molar-refractivity contribution in [1.82, 2.24) is 4.90 Å². The molecular weight excluding hydrogens is 226 g/mol. The summed E-state index contributed by atoms with van der Waals surface area (Å²) in [6, 6.07) is 6.75. The maximum absolute atomic E-state index is 5.92. The number of hydrogen-bond donors (Lipinski definition) is 0. The van der Waals surface area contributed by atoms with Gasteiger partial charge >= 0.3 is 0 Å². The van der Waals surface area contributed by atoms with Crippen molar-refractivity contribution in [2.24, 2.45) is 0 Å². The summed E-state index contributed by atoms with van der Waals surface area (Å²) in [6.45, 7) is 5.46. The predicted octanol–water partition coefficient (Wildman–Crippen LogP) is 2.66. The molecule has 98 valence electrons. The van der Waals surface area contributed by atoms with Crippen LogP contribution < -0.4 is 9.47 Å². The zero-order valence-corrected chi connectivity index (χ0v) is 11.2. The largest absolute Gasteiger partial charge is 0.497 e.